The fraction of sp³-hybridized carbons (Fsp3) is 0.200. The number of ether oxygens (including phenoxy) is 1. The van der Waals surface area contributed by atoms with Gasteiger partial charge in [0, 0.05) is 0 Å². The van der Waals surface area contributed by atoms with E-state index in [4.69, 9.17) is 4.74 Å². The Morgan fingerprint density at radius 1 is 0.643 bits per heavy atom. The van der Waals surface area contributed by atoms with E-state index in [1.165, 1.54) is 0 Å². The number of alkyl halides is 6. The van der Waals surface area contributed by atoms with Crippen LogP contribution in [-0.2, 0) is 26.3 Å². The van der Waals surface area contributed by atoms with Crippen molar-refractivity contribution in [3.8, 4) is 5.75 Å². The fourth-order valence-electron chi connectivity index (χ4n) is 1.91. The Hall–Kier alpha value is -2.28. The Morgan fingerprint density at radius 2 is 1.00 bits per heavy atom. The smallest absolute Gasteiger partial charge is 0.489 e. The van der Waals surface area contributed by atoms with Gasteiger partial charge in [-0.2, -0.15) is 26.3 Å². The zero-order valence-electron chi connectivity index (χ0n) is 13.5. The van der Waals surface area contributed by atoms with Gasteiger partial charge in [-0.05, 0) is 42.0 Å². The zero-order chi connectivity index (χ0) is 21.4. The first-order valence-corrected chi connectivity index (χ1v) is 10.1. The average molecular weight is 448 g/mol. The summed E-state index contributed by atoms with van der Waals surface area (Å²) in [5.41, 5.74) is -10.6. The maximum atomic E-state index is 12.5. The third kappa shape index (κ3) is 4.41. The molecule has 0 N–H and O–H groups in total. The molecule has 0 aliphatic rings. The Bertz CT molecular complexity index is 951. The van der Waals surface area contributed by atoms with Crippen molar-refractivity contribution in [2.75, 3.05) is 0 Å². The summed E-state index contributed by atoms with van der Waals surface area (Å²) in [7, 11) is -11.0. The number of sulfone groups is 2. The lowest BCUT2D eigenvalue weighted by Crippen LogP contribution is -2.23. The molecule has 0 amide bonds. The van der Waals surface area contributed by atoms with E-state index in [-0.39, 0.29) is 17.9 Å². The van der Waals surface area contributed by atoms with Gasteiger partial charge in [0.2, 0.25) is 0 Å². The summed E-state index contributed by atoms with van der Waals surface area (Å²) in [5.74, 6) is -0.00638. The van der Waals surface area contributed by atoms with Gasteiger partial charge in [0.25, 0.3) is 19.7 Å². The molecule has 0 fully saturated rings. The van der Waals surface area contributed by atoms with E-state index in [1.54, 1.807) is 0 Å². The van der Waals surface area contributed by atoms with Crippen LogP contribution in [0, 0.1) is 0 Å². The van der Waals surface area contributed by atoms with Gasteiger partial charge >= 0.3 is 11.0 Å². The summed E-state index contributed by atoms with van der Waals surface area (Å²) in [4.78, 5) is -1.93. The second kappa shape index (κ2) is 7.28. The molecule has 0 aliphatic carbocycles. The van der Waals surface area contributed by atoms with Crippen molar-refractivity contribution in [1.29, 1.82) is 0 Å². The zero-order valence-corrected chi connectivity index (χ0v) is 15.1. The molecule has 0 aliphatic heterocycles. The van der Waals surface area contributed by atoms with Gasteiger partial charge in [0.1, 0.15) is 12.4 Å². The largest absolute Gasteiger partial charge is 0.501 e. The fourth-order valence-corrected chi connectivity index (χ4v) is 3.44. The second-order valence-corrected chi connectivity index (χ2v) is 9.18. The third-order valence-electron chi connectivity index (χ3n) is 3.38. The number of hydrogen-bond donors (Lipinski definition) is 0. The molecule has 0 saturated heterocycles. The highest BCUT2D eigenvalue weighted by atomic mass is 32.2. The summed E-state index contributed by atoms with van der Waals surface area (Å²) in [6.07, 6.45) is 0. The highest BCUT2D eigenvalue weighted by Gasteiger charge is 2.47. The molecule has 0 heterocycles. The standard InChI is InChI=1S/C15H10F6O5S2/c16-14(17,18)27(22,23)12-5-1-10(2-6-12)9-26-11-3-7-13(8-4-11)28(24,25)15(19,20)21/h1-8H,9H2. The van der Waals surface area contributed by atoms with Crippen LogP contribution in [0.1, 0.15) is 5.56 Å². The molecule has 0 spiro atoms. The summed E-state index contributed by atoms with van der Waals surface area (Å²) in [6, 6.07) is 6.94. The Labute approximate surface area is 155 Å². The first kappa shape index (κ1) is 22.0. The molecule has 0 bridgehead atoms. The molecule has 0 radical (unpaired) electrons. The van der Waals surface area contributed by atoms with Gasteiger partial charge in [-0.15, -0.1) is 0 Å². The third-order valence-corrected chi connectivity index (χ3v) is 6.39. The molecule has 5 nitrogen and oxygen atoms in total. The lowest BCUT2D eigenvalue weighted by molar-refractivity contribution is -0.0442. The van der Waals surface area contributed by atoms with E-state index in [0.717, 1.165) is 36.4 Å². The number of halogens is 6. The highest BCUT2D eigenvalue weighted by molar-refractivity contribution is 7.92. The monoisotopic (exact) mass is 448 g/mol. The lowest BCUT2D eigenvalue weighted by atomic mass is 10.2. The minimum Gasteiger partial charge on any atom is -0.489 e. The van der Waals surface area contributed by atoms with Crippen LogP contribution in [0.25, 0.3) is 0 Å². The molecule has 0 unspecified atom stereocenters. The van der Waals surface area contributed by atoms with Crippen LogP contribution in [0.5, 0.6) is 5.75 Å². The SMILES string of the molecule is O=S(=O)(c1ccc(COc2ccc(S(=O)(=O)C(F)(F)F)cc2)cc1)C(F)(F)F. The number of benzene rings is 2. The van der Waals surface area contributed by atoms with Gasteiger partial charge in [0.05, 0.1) is 9.79 Å². The van der Waals surface area contributed by atoms with E-state index in [9.17, 15) is 43.2 Å². The molecule has 0 saturated carbocycles. The van der Waals surface area contributed by atoms with E-state index in [2.05, 4.69) is 0 Å². The molecule has 2 rings (SSSR count). The van der Waals surface area contributed by atoms with Gasteiger partial charge in [-0.3, -0.25) is 0 Å². The minimum atomic E-state index is -5.50. The molecule has 13 heteroatoms. The lowest BCUT2D eigenvalue weighted by Gasteiger charge is -2.11. The summed E-state index contributed by atoms with van der Waals surface area (Å²) >= 11 is 0. The molecule has 2 aromatic rings. The first-order chi connectivity index (χ1) is 12.7. The van der Waals surface area contributed by atoms with Crippen molar-refractivity contribution in [1.82, 2.24) is 0 Å². The predicted molar refractivity (Wildman–Crippen MR) is 83.7 cm³/mol. The molecule has 0 atom stereocenters. The normalized spacial score (nSPS) is 13.4. The number of rotatable bonds is 5. The minimum absolute atomic E-state index is 0.00638. The van der Waals surface area contributed by atoms with Crippen LogP contribution in [0.3, 0.4) is 0 Å². The highest BCUT2D eigenvalue weighted by Crippen LogP contribution is 2.32. The molecule has 2 aromatic carbocycles. The molecule has 154 valence electrons. The van der Waals surface area contributed by atoms with Crippen molar-refractivity contribution < 1.29 is 47.9 Å². The van der Waals surface area contributed by atoms with Gasteiger partial charge in [-0.25, -0.2) is 16.8 Å². The average Bonchev–Trinajstić information content (AvgIpc) is 2.58. The van der Waals surface area contributed by atoms with Crippen molar-refractivity contribution in [3.63, 3.8) is 0 Å². The maximum absolute atomic E-state index is 12.5. The van der Waals surface area contributed by atoms with E-state index >= 15 is 0 Å². The molecular formula is C15H10F6O5S2. The first-order valence-electron chi connectivity index (χ1n) is 7.11. The van der Waals surface area contributed by atoms with Crippen LogP contribution in [0.4, 0.5) is 26.3 Å². The molecular weight excluding hydrogens is 438 g/mol. The predicted octanol–water partition coefficient (Wildman–Crippen LogP) is 3.85. The van der Waals surface area contributed by atoms with Crippen LogP contribution >= 0.6 is 0 Å². The van der Waals surface area contributed by atoms with Crippen molar-refractivity contribution in [2.24, 2.45) is 0 Å². The van der Waals surface area contributed by atoms with Crippen molar-refractivity contribution >= 4 is 19.7 Å². The van der Waals surface area contributed by atoms with Gasteiger partial charge < -0.3 is 4.74 Å². The van der Waals surface area contributed by atoms with Crippen LogP contribution < -0.4 is 4.74 Å². The van der Waals surface area contributed by atoms with Gasteiger partial charge in [0.15, 0.2) is 0 Å². The second-order valence-electron chi connectivity index (χ2n) is 5.30. The molecule has 28 heavy (non-hydrogen) atoms. The van der Waals surface area contributed by atoms with Crippen molar-refractivity contribution in [3.05, 3.63) is 54.1 Å². The van der Waals surface area contributed by atoms with E-state index < -0.39 is 40.5 Å². The summed E-state index contributed by atoms with van der Waals surface area (Å²) < 4.78 is 125. The summed E-state index contributed by atoms with van der Waals surface area (Å²) in [5, 5.41) is 0. The quantitative estimate of drug-likeness (QED) is 0.650. The Balaban J connectivity index is 2.09. The Kier molecular flexibility index (Phi) is 5.72. The van der Waals surface area contributed by atoms with E-state index in [0.29, 0.717) is 12.1 Å². The molecule has 0 aromatic heterocycles. The number of hydrogen-bond acceptors (Lipinski definition) is 5. The van der Waals surface area contributed by atoms with Crippen LogP contribution in [-0.4, -0.2) is 27.9 Å². The van der Waals surface area contributed by atoms with Crippen LogP contribution in [0.2, 0.25) is 0 Å². The summed E-state index contributed by atoms with van der Waals surface area (Å²) in [6.45, 7) is -0.252. The van der Waals surface area contributed by atoms with Gasteiger partial charge in [-0.1, -0.05) is 12.1 Å². The maximum Gasteiger partial charge on any atom is 0.501 e. The Morgan fingerprint density at radius 3 is 1.36 bits per heavy atom. The van der Waals surface area contributed by atoms with Crippen molar-refractivity contribution in [2.45, 2.75) is 27.4 Å². The topological polar surface area (TPSA) is 77.5 Å². The van der Waals surface area contributed by atoms with Crippen LogP contribution in [0.15, 0.2) is 58.3 Å². The van der Waals surface area contributed by atoms with E-state index in [1.807, 2.05) is 0 Å².